The van der Waals surface area contributed by atoms with Crippen LogP contribution in [-0.4, -0.2) is 42.4 Å². The molecule has 9 heteroatoms. The third-order valence-electron chi connectivity index (χ3n) is 4.30. The van der Waals surface area contributed by atoms with Crippen molar-refractivity contribution >= 4 is 34.7 Å². The van der Waals surface area contributed by atoms with Crippen molar-refractivity contribution in [2.24, 2.45) is 0 Å². The van der Waals surface area contributed by atoms with Crippen molar-refractivity contribution in [3.63, 3.8) is 0 Å². The van der Waals surface area contributed by atoms with Crippen molar-refractivity contribution in [3.05, 3.63) is 58.4 Å². The monoisotopic (exact) mass is 405 g/mol. The first-order valence-electron chi connectivity index (χ1n) is 8.78. The van der Waals surface area contributed by atoms with Gasteiger partial charge in [-0.3, -0.25) is 14.9 Å². The number of hydrogen-bond acceptors (Lipinski definition) is 6. The van der Waals surface area contributed by atoms with E-state index in [1.807, 2.05) is 4.90 Å². The van der Waals surface area contributed by atoms with Gasteiger partial charge in [-0.05, 0) is 37.3 Å². The Kier molecular flexibility index (Phi) is 6.48. The fourth-order valence-electron chi connectivity index (χ4n) is 2.79. The van der Waals surface area contributed by atoms with Crippen molar-refractivity contribution in [2.45, 2.75) is 17.1 Å². The molecule has 0 spiro atoms. The highest BCUT2D eigenvalue weighted by Crippen LogP contribution is 2.27. The van der Waals surface area contributed by atoms with E-state index < -0.39 is 16.0 Å². The Labute approximate surface area is 166 Å². The lowest BCUT2D eigenvalue weighted by molar-refractivity contribution is -0.384. The molecule has 1 unspecified atom stereocenters. The molecule has 1 aliphatic heterocycles. The molecule has 148 valence electrons. The van der Waals surface area contributed by atoms with Crippen molar-refractivity contribution in [1.82, 2.24) is 0 Å². The van der Waals surface area contributed by atoms with Gasteiger partial charge in [-0.15, -0.1) is 11.8 Å². The molecule has 1 amide bonds. The molecule has 0 saturated carbocycles. The van der Waals surface area contributed by atoms with E-state index in [2.05, 4.69) is 5.32 Å². The topological polar surface area (TPSA) is 84.7 Å². The average Bonchev–Trinajstić information content (AvgIpc) is 2.69. The van der Waals surface area contributed by atoms with E-state index in [1.165, 1.54) is 30.0 Å². The number of benzene rings is 2. The summed E-state index contributed by atoms with van der Waals surface area (Å²) < 4.78 is 19.7. The number of ether oxygens (including phenoxy) is 1. The van der Waals surface area contributed by atoms with E-state index in [4.69, 9.17) is 4.74 Å². The van der Waals surface area contributed by atoms with Gasteiger partial charge in [-0.25, -0.2) is 4.39 Å². The number of anilines is 2. The normalized spacial score (nSPS) is 15.1. The second-order valence-corrected chi connectivity index (χ2v) is 7.68. The quantitative estimate of drug-likeness (QED) is 0.448. The van der Waals surface area contributed by atoms with Gasteiger partial charge in [-0.1, -0.05) is 0 Å². The van der Waals surface area contributed by atoms with Crippen LogP contribution in [0.25, 0.3) is 0 Å². The van der Waals surface area contributed by atoms with E-state index in [0.29, 0.717) is 37.7 Å². The molecule has 28 heavy (non-hydrogen) atoms. The van der Waals surface area contributed by atoms with Crippen LogP contribution in [0.2, 0.25) is 0 Å². The van der Waals surface area contributed by atoms with Crippen LogP contribution in [0, 0.1) is 15.9 Å². The maximum absolute atomic E-state index is 14.4. The molecule has 0 bridgehead atoms. The van der Waals surface area contributed by atoms with Gasteiger partial charge in [0.1, 0.15) is 5.82 Å². The molecule has 2 aromatic carbocycles. The molecule has 2 aromatic rings. The Bertz CT molecular complexity index is 857. The van der Waals surface area contributed by atoms with E-state index in [0.717, 1.165) is 4.90 Å². The van der Waals surface area contributed by atoms with Gasteiger partial charge in [0, 0.05) is 35.8 Å². The van der Waals surface area contributed by atoms with Crippen molar-refractivity contribution < 1.29 is 18.8 Å². The van der Waals surface area contributed by atoms with Crippen LogP contribution < -0.4 is 10.2 Å². The number of carbonyl (C=O) groups excluding carboxylic acids is 1. The Balaban J connectivity index is 1.60. The Morgan fingerprint density at radius 2 is 1.93 bits per heavy atom. The summed E-state index contributed by atoms with van der Waals surface area (Å²) in [6.45, 7) is 4.11. The molecule has 1 heterocycles. The zero-order valence-electron chi connectivity index (χ0n) is 15.3. The smallest absolute Gasteiger partial charge is 0.269 e. The molecule has 3 rings (SSSR count). The average molecular weight is 405 g/mol. The van der Waals surface area contributed by atoms with Gasteiger partial charge in [0.05, 0.1) is 29.1 Å². The molecule has 1 fully saturated rings. The molecule has 0 radical (unpaired) electrons. The summed E-state index contributed by atoms with van der Waals surface area (Å²) in [4.78, 5) is 25.3. The summed E-state index contributed by atoms with van der Waals surface area (Å²) >= 11 is 1.27. The van der Waals surface area contributed by atoms with Crippen LogP contribution in [0.4, 0.5) is 21.5 Å². The zero-order chi connectivity index (χ0) is 20.1. The summed E-state index contributed by atoms with van der Waals surface area (Å²) in [5.41, 5.74) is 0.877. The maximum atomic E-state index is 14.4. The predicted octanol–water partition coefficient (Wildman–Crippen LogP) is 3.69. The standard InChI is InChI=1S/C19H20FN3O4S/c1-13(28-16-5-3-15(4-6-16)23(25)26)19(24)21-14-2-7-18(17(20)12-14)22-8-10-27-11-9-22/h2-7,12-13H,8-11H2,1H3,(H,21,24). The number of nitro benzene ring substituents is 1. The first-order valence-corrected chi connectivity index (χ1v) is 9.66. The number of rotatable bonds is 6. The summed E-state index contributed by atoms with van der Waals surface area (Å²) in [6.07, 6.45) is 0. The minimum absolute atomic E-state index is 0.00251. The third kappa shape index (κ3) is 4.99. The molecule has 7 nitrogen and oxygen atoms in total. The number of thioether (sulfide) groups is 1. The van der Waals surface area contributed by atoms with E-state index in [-0.39, 0.29) is 11.6 Å². The first-order chi connectivity index (χ1) is 13.4. The number of carbonyl (C=O) groups is 1. The minimum Gasteiger partial charge on any atom is -0.378 e. The van der Waals surface area contributed by atoms with E-state index in [9.17, 15) is 19.3 Å². The van der Waals surface area contributed by atoms with Crippen LogP contribution in [0.1, 0.15) is 6.92 Å². The number of hydrogen-bond donors (Lipinski definition) is 1. The molecule has 0 aliphatic carbocycles. The number of nitrogens with one attached hydrogen (secondary N) is 1. The van der Waals surface area contributed by atoms with Crippen molar-refractivity contribution in [1.29, 1.82) is 0 Å². The van der Waals surface area contributed by atoms with Crippen LogP contribution in [0.15, 0.2) is 47.4 Å². The van der Waals surface area contributed by atoms with Gasteiger partial charge in [-0.2, -0.15) is 0 Å². The predicted molar refractivity (Wildman–Crippen MR) is 106 cm³/mol. The number of nitrogens with zero attached hydrogens (tertiary/aromatic N) is 2. The SMILES string of the molecule is CC(Sc1ccc([N+](=O)[O-])cc1)C(=O)Nc1ccc(N2CCOCC2)c(F)c1. The maximum Gasteiger partial charge on any atom is 0.269 e. The highest BCUT2D eigenvalue weighted by atomic mass is 32.2. The summed E-state index contributed by atoms with van der Waals surface area (Å²) in [5.74, 6) is -0.669. The highest BCUT2D eigenvalue weighted by molar-refractivity contribution is 8.00. The fourth-order valence-corrected chi connectivity index (χ4v) is 3.66. The molecule has 1 aliphatic rings. The largest absolute Gasteiger partial charge is 0.378 e. The van der Waals surface area contributed by atoms with Crippen molar-refractivity contribution in [3.8, 4) is 0 Å². The number of amides is 1. The van der Waals surface area contributed by atoms with Crippen LogP contribution in [0.5, 0.6) is 0 Å². The first kappa shape index (κ1) is 20.1. The summed E-state index contributed by atoms with van der Waals surface area (Å²) in [7, 11) is 0. The van der Waals surface area contributed by atoms with E-state index >= 15 is 0 Å². The molecule has 1 atom stereocenters. The van der Waals surface area contributed by atoms with E-state index in [1.54, 1.807) is 31.2 Å². The fraction of sp³-hybridized carbons (Fsp3) is 0.316. The molecule has 1 saturated heterocycles. The third-order valence-corrected chi connectivity index (χ3v) is 5.41. The Morgan fingerprint density at radius 1 is 1.25 bits per heavy atom. The van der Waals surface area contributed by atoms with Gasteiger partial charge < -0.3 is 15.0 Å². The second kappa shape index (κ2) is 9.03. The van der Waals surface area contributed by atoms with Gasteiger partial charge in [0.25, 0.3) is 5.69 Å². The number of halogens is 1. The lowest BCUT2D eigenvalue weighted by Gasteiger charge is -2.29. The van der Waals surface area contributed by atoms with Crippen molar-refractivity contribution in [2.75, 3.05) is 36.5 Å². The lowest BCUT2D eigenvalue weighted by Crippen LogP contribution is -2.36. The van der Waals surface area contributed by atoms with Crippen LogP contribution in [0.3, 0.4) is 0 Å². The van der Waals surface area contributed by atoms with Gasteiger partial charge >= 0.3 is 0 Å². The number of morpholine rings is 1. The molecular formula is C19H20FN3O4S. The van der Waals surface area contributed by atoms with Crippen LogP contribution in [-0.2, 0) is 9.53 Å². The number of nitro groups is 1. The summed E-state index contributed by atoms with van der Waals surface area (Å²) in [6, 6.07) is 10.6. The Morgan fingerprint density at radius 3 is 2.54 bits per heavy atom. The molecular weight excluding hydrogens is 385 g/mol. The highest BCUT2D eigenvalue weighted by Gasteiger charge is 2.18. The number of non-ortho nitro benzene ring substituents is 1. The van der Waals surface area contributed by atoms with Crippen LogP contribution >= 0.6 is 11.8 Å². The Hall–Kier alpha value is -2.65. The second-order valence-electron chi connectivity index (χ2n) is 6.27. The molecule has 0 aromatic heterocycles. The van der Waals surface area contributed by atoms with Gasteiger partial charge in [0.2, 0.25) is 5.91 Å². The summed E-state index contributed by atoms with van der Waals surface area (Å²) in [5, 5.41) is 12.9. The van der Waals surface area contributed by atoms with Gasteiger partial charge in [0.15, 0.2) is 0 Å². The molecule has 1 N–H and O–H groups in total. The zero-order valence-corrected chi connectivity index (χ0v) is 16.1. The minimum atomic E-state index is -0.473. The lowest BCUT2D eigenvalue weighted by atomic mass is 10.2.